The van der Waals surface area contributed by atoms with Gasteiger partial charge in [-0.1, -0.05) is 0 Å². The van der Waals surface area contributed by atoms with Gasteiger partial charge in [-0.25, -0.2) is 9.36 Å². The van der Waals surface area contributed by atoms with Crippen molar-refractivity contribution in [2.75, 3.05) is 0 Å². The molecule has 0 aliphatic heterocycles. The summed E-state index contributed by atoms with van der Waals surface area (Å²) in [6, 6.07) is 0. The zero-order chi connectivity index (χ0) is 11.6. The van der Waals surface area contributed by atoms with Crippen LogP contribution in [0.25, 0.3) is 0 Å². The van der Waals surface area contributed by atoms with E-state index in [1.165, 1.54) is 0 Å². The molecule has 0 fully saturated rings. The standard InChI is InChI=1S/C7H11O7P/c8-5-2-1-4(7(9)10)3-6(5)14-15(11,12)13/h3,5-6,8H,1-2H2,(H,9,10)(H2,11,12,13). The molecule has 4 N–H and O–H groups in total. The van der Waals surface area contributed by atoms with E-state index in [0.29, 0.717) is 0 Å². The van der Waals surface area contributed by atoms with Crippen molar-refractivity contribution in [3.63, 3.8) is 0 Å². The molecule has 15 heavy (non-hydrogen) atoms. The highest BCUT2D eigenvalue weighted by molar-refractivity contribution is 7.46. The van der Waals surface area contributed by atoms with Crippen LogP contribution in [0.5, 0.6) is 0 Å². The van der Waals surface area contributed by atoms with Gasteiger partial charge in [-0.3, -0.25) is 4.52 Å². The maximum absolute atomic E-state index is 10.6. The van der Waals surface area contributed by atoms with Crippen molar-refractivity contribution in [1.29, 1.82) is 0 Å². The first-order chi connectivity index (χ1) is 6.79. The monoisotopic (exact) mass is 238 g/mol. The van der Waals surface area contributed by atoms with Crippen molar-refractivity contribution in [3.8, 4) is 0 Å². The van der Waals surface area contributed by atoms with E-state index in [2.05, 4.69) is 4.52 Å². The van der Waals surface area contributed by atoms with E-state index < -0.39 is 26.0 Å². The van der Waals surface area contributed by atoms with Crippen LogP contribution in [0.2, 0.25) is 0 Å². The molecule has 0 spiro atoms. The maximum atomic E-state index is 10.6. The lowest BCUT2D eigenvalue weighted by Gasteiger charge is -2.25. The average molecular weight is 238 g/mol. The number of phosphoric ester groups is 1. The van der Waals surface area contributed by atoms with Gasteiger partial charge in [0.25, 0.3) is 0 Å². The third kappa shape index (κ3) is 3.73. The lowest BCUT2D eigenvalue weighted by Crippen LogP contribution is -2.31. The summed E-state index contributed by atoms with van der Waals surface area (Å²) in [5.74, 6) is -1.18. The molecule has 0 aromatic heterocycles. The molecule has 0 aromatic rings. The summed E-state index contributed by atoms with van der Waals surface area (Å²) in [5, 5.41) is 18.0. The number of hydrogen-bond acceptors (Lipinski definition) is 4. The van der Waals surface area contributed by atoms with Gasteiger partial charge in [-0.05, 0) is 18.9 Å². The van der Waals surface area contributed by atoms with Gasteiger partial charge in [-0.2, -0.15) is 0 Å². The van der Waals surface area contributed by atoms with Crippen molar-refractivity contribution in [2.45, 2.75) is 25.0 Å². The van der Waals surface area contributed by atoms with Crippen LogP contribution in [-0.4, -0.2) is 38.2 Å². The highest BCUT2D eigenvalue weighted by Gasteiger charge is 2.31. The fourth-order valence-electron chi connectivity index (χ4n) is 1.30. The van der Waals surface area contributed by atoms with E-state index >= 15 is 0 Å². The largest absolute Gasteiger partial charge is 0.478 e. The topological polar surface area (TPSA) is 124 Å². The van der Waals surface area contributed by atoms with Crippen LogP contribution in [0.15, 0.2) is 11.6 Å². The number of carboxylic acids is 1. The predicted molar refractivity (Wildman–Crippen MR) is 47.9 cm³/mol. The van der Waals surface area contributed by atoms with E-state index in [0.717, 1.165) is 6.08 Å². The molecule has 1 aliphatic carbocycles. The minimum atomic E-state index is -4.73. The highest BCUT2D eigenvalue weighted by Crippen LogP contribution is 2.40. The molecule has 1 aliphatic rings. The fraction of sp³-hybridized carbons (Fsp3) is 0.571. The molecule has 7 nitrogen and oxygen atoms in total. The summed E-state index contributed by atoms with van der Waals surface area (Å²) in [6.45, 7) is 0. The second kappa shape index (κ2) is 4.42. The first-order valence-electron chi connectivity index (χ1n) is 4.15. The van der Waals surface area contributed by atoms with Crippen LogP contribution >= 0.6 is 7.82 Å². The molecular weight excluding hydrogens is 227 g/mol. The molecule has 0 saturated carbocycles. The summed E-state index contributed by atoms with van der Waals surface area (Å²) in [4.78, 5) is 27.6. The van der Waals surface area contributed by atoms with E-state index in [1.807, 2.05) is 0 Å². The SMILES string of the molecule is O=C(O)C1=CC(OP(=O)(O)O)C(O)CC1. The Balaban J connectivity index is 2.81. The first kappa shape index (κ1) is 12.4. The van der Waals surface area contributed by atoms with Crippen LogP contribution in [0.4, 0.5) is 0 Å². The molecular formula is C7H11O7P. The van der Waals surface area contributed by atoms with Gasteiger partial charge in [0.1, 0.15) is 6.10 Å². The Morgan fingerprint density at radius 2 is 2.13 bits per heavy atom. The number of carboxylic acid groups (broad SMARTS) is 1. The van der Waals surface area contributed by atoms with Gasteiger partial charge in [0.2, 0.25) is 0 Å². The van der Waals surface area contributed by atoms with E-state index in [4.69, 9.17) is 14.9 Å². The summed E-state index contributed by atoms with van der Waals surface area (Å²) >= 11 is 0. The lowest BCUT2D eigenvalue weighted by atomic mass is 9.95. The summed E-state index contributed by atoms with van der Waals surface area (Å²) in [6.07, 6.45) is -1.10. The van der Waals surface area contributed by atoms with Crippen molar-refractivity contribution < 1.29 is 33.9 Å². The molecule has 2 atom stereocenters. The Labute approximate surface area is 85.2 Å². The van der Waals surface area contributed by atoms with Crippen molar-refractivity contribution >= 4 is 13.8 Å². The zero-order valence-electron chi connectivity index (χ0n) is 7.61. The van der Waals surface area contributed by atoms with Gasteiger partial charge in [-0.15, -0.1) is 0 Å². The maximum Gasteiger partial charge on any atom is 0.470 e. The molecule has 1 rings (SSSR count). The lowest BCUT2D eigenvalue weighted by molar-refractivity contribution is -0.133. The molecule has 2 unspecified atom stereocenters. The highest BCUT2D eigenvalue weighted by atomic mass is 31.2. The van der Waals surface area contributed by atoms with Crippen molar-refractivity contribution in [2.24, 2.45) is 0 Å². The Bertz CT molecular complexity index is 330. The zero-order valence-corrected chi connectivity index (χ0v) is 8.50. The van der Waals surface area contributed by atoms with Crippen molar-refractivity contribution in [1.82, 2.24) is 0 Å². The number of aliphatic hydroxyl groups excluding tert-OH is 1. The molecule has 0 radical (unpaired) electrons. The third-order valence-corrected chi connectivity index (χ3v) is 2.51. The Morgan fingerprint density at radius 1 is 1.53 bits per heavy atom. The van der Waals surface area contributed by atoms with E-state index in [9.17, 15) is 14.5 Å². The minimum absolute atomic E-state index is 0.0150. The van der Waals surface area contributed by atoms with E-state index in [1.54, 1.807) is 0 Å². The van der Waals surface area contributed by atoms with Gasteiger partial charge < -0.3 is 20.0 Å². The van der Waals surface area contributed by atoms with Crippen LogP contribution in [-0.2, 0) is 13.9 Å². The fourth-order valence-corrected chi connectivity index (χ4v) is 1.82. The van der Waals surface area contributed by atoms with Crippen LogP contribution in [0.1, 0.15) is 12.8 Å². The molecule has 0 heterocycles. The van der Waals surface area contributed by atoms with E-state index in [-0.39, 0.29) is 18.4 Å². The number of aliphatic carboxylic acids is 1. The Hall–Kier alpha value is -0.720. The number of phosphoric acid groups is 1. The number of aliphatic hydroxyl groups is 1. The molecule has 0 amide bonds. The normalized spacial score (nSPS) is 27.3. The van der Waals surface area contributed by atoms with Crippen LogP contribution in [0, 0.1) is 0 Å². The number of hydrogen-bond donors (Lipinski definition) is 4. The van der Waals surface area contributed by atoms with Gasteiger partial charge >= 0.3 is 13.8 Å². The summed E-state index contributed by atoms with van der Waals surface area (Å²) in [7, 11) is -4.73. The second-order valence-electron chi connectivity index (χ2n) is 3.16. The summed E-state index contributed by atoms with van der Waals surface area (Å²) < 4.78 is 14.8. The minimum Gasteiger partial charge on any atom is -0.478 e. The molecule has 0 saturated heterocycles. The van der Waals surface area contributed by atoms with Crippen LogP contribution in [0.3, 0.4) is 0 Å². The van der Waals surface area contributed by atoms with Gasteiger partial charge in [0, 0.05) is 5.57 Å². The Morgan fingerprint density at radius 3 is 2.60 bits per heavy atom. The smallest absolute Gasteiger partial charge is 0.470 e. The first-order valence-corrected chi connectivity index (χ1v) is 5.68. The third-order valence-electron chi connectivity index (χ3n) is 1.99. The summed E-state index contributed by atoms with van der Waals surface area (Å²) in [5.41, 5.74) is -0.0150. The molecule has 8 heteroatoms. The average Bonchev–Trinajstić information content (AvgIpc) is 2.06. The molecule has 86 valence electrons. The number of rotatable bonds is 3. The molecule has 0 bridgehead atoms. The van der Waals surface area contributed by atoms with Crippen molar-refractivity contribution in [3.05, 3.63) is 11.6 Å². The molecule has 0 aromatic carbocycles. The quantitative estimate of drug-likeness (QED) is 0.494. The Kier molecular flexibility index (Phi) is 3.64. The van der Waals surface area contributed by atoms with Crippen LogP contribution < -0.4 is 0 Å². The number of carbonyl (C=O) groups is 1. The second-order valence-corrected chi connectivity index (χ2v) is 4.36. The predicted octanol–water partition coefficient (Wildman–Crippen LogP) is -0.370. The van der Waals surface area contributed by atoms with Gasteiger partial charge in [0.05, 0.1) is 6.10 Å². The van der Waals surface area contributed by atoms with Gasteiger partial charge in [0.15, 0.2) is 0 Å².